The van der Waals surface area contributed by atoms with E-state index in [9.17, 15) is 17.3 Å². The predicted molar refractivity (Wildman–Crippen MR) is 89.3 cm³/mol. The molecule has 154 valence electrons. The van der Waals surface area contributed by atoms with Crippen molar-refractivity contribution in [2.45, 2.75) is 19.9 Å². The summed E-state index contributed by atoms with van der Waals surface area (Å²) in [4.78, 5) is 3.13. The Hall–Kier alpha value is -1.52. The van der Waals surface area contributed by atoms with Gasteiger partial charge in [0.25, 0.3) is 0 Å². The fraction of sp³-hybridized carbons (Fsp3) is 0.375. The molecule has 11 nitrogen and oxygen atoms in total. The molecule has 1 unspecified atom stereocenters. The van der Waals surface area contributed by atoms with Crippen molar-refractivity contribution in [1.82, 2.24) is 0 Å². The zero-order valence-corrected chi connectivity index (χ0v) is 14.1. The summed E-state index contributed by atoms with van der Waals surface area (Å²) in [7, 11) is -10.7. The molecule has 1 rings (SSSR count). The number of nitrogens with two attached hydrogens (primary N) is 1. The Morgan fingerprint density at radius 1 is 0.852 bits per heavy atom. The summed E-state index contributed by atoms with van der Waals surface area (Å²) < 4.78 is 40.4. The van der Waals surface area contributed by atoms with Crippen molar-refractivity contribution < 1.29 is 62.2 Å². The summed E-state index contributed by atoms with van der Waals surface area (Å²) in [6, 6.07) is -0.0273. The molecular formula is C8H19B4F4N3O8. The molecule has 0 spiro atoms. The van der Waals surface area contributed by atoms with E-state index in [4.69, 9.17) is 51.5 Å². The quantitative estimate of drug-likeness (QED) is 0.0847. The first kappa shape index (κ1) is 33.1. The molecule has 0 aromatic carbocycles. The maximum absolute atomic E-state index is 10.1. The average molecular weight is 404 g/mol. The Morgan fingerprint density at radius 2 is 1.11 bits per heavy atom. The van der Waals surface area contributed by atoms with Crippen LogP contribution < -0.4 is 5.73 Å². The van der Waals surface area contributed by atoms with E-state index in [2.05, 4.69) is 4.79 Å². The fourth-order valence-corrected chi connectivity index (χ4v) is 1.02. The number of nitrogens with zero attached hydrogens (tertiary/aromatic N) is 2. The number of hydrogen-bond donors (Lipinski definition) is 9. The predicted octanol–water partition coefficient (Wildman–Crippen LogP) is -3.41. The van der Waals surface area contributed by atoms with Crippen molar-refractivity contribution in [2.75, 3.05) is 0 Å². The number of hydrogen-bond acceptors (Lipinski definition) is 9. The Balaban J connectivity index is -0.000000139. The number of halogens is 4. The van der Waals surface area contributed by atoms with Gasteiger partial charge in [-0.1, -0.05) is 6.08 Å². The summed E-state index contributed by atoms with van der Waals surface area (Å²) >= 11 is 0. The third-order valence-electron chi connectivity index (χ3n) is 2.04. The van der Waals surface area contributed by atoms with E-state index in [1.54, 1.807) is 6.08 Å². The first-order chi connectivity index (χ1) is 12.1. The van der Waals surface area contributed by atoms with Gasteiger partial charge in [-0.2, -0.15) is 4.79 Å². The Morgan fingerprint density at radius 3 is 1.33 bits per heavy atom. The lowest BCUT2D eigenvalue weighted by Crippen LogP contribution is -2.24. The lowest BCUT2D eigenvalue weighted by molar-refractivity contribution is -0.00273. The van der Waals surface area contributed by atoms with E-state index in [-0.39, 0.29) is 6.04 Å². The minimum Gasteiger partial charge on any atom is -0.398 e. The standard InChI is InChI=1S/C8H11N3.4BFH2O2/c1-5-6(2)8(11-10)4-3-7(5)9;4*2-1(3)4/h3-4,7H,9H2,1-2H3;4*3-4H. The highest BCUT2D eigenvalue weighted by atomic mass is 19.1. The van der Waals surface area contributed by atoms with Gasteiger partial charge in [0.1, 0.15) is 0 Å². The molecular weight excluding hydrogens is 385 g/mol. The molecule has 0 aromatic rings. The van der Waals surface area contributed by atoms with Crippen molar-refractivity contribution in [3.05, 3.63) is 28.8 Å². The molecule has 27 heavy (non-hydrogen) atoms. The normalized spacial score (nSPS) is 13.7. The van der Waals surface area contributed by atoms with Crippen molar-refractivity contribution >= 4 is 35.3 Å². The van der Waals surface area contributed by atoms with Gasteiger partial charge in [0.05, 0.1) is 0 Å². The van der Waals surface area contributed by atoms with Crippen molar-refractivity contribution in [3.8, 4) is 0 Å². The molecule has 19 heteroatoms. The van der Waals surface area contributed by atoms with Crippen LogP contribution in [0.5, 0.6) is 0 Å². The van der Waals surface area contributed by atoms with Gasteiger partial charge in [-0.05, 0) is 19.4 Å². The molecule has 1 atom stereocenters. The second-order valence-electron chi connectivity index (χ2n) is 3.92. The zero-order chi connectivity index (χ0) is 22.7. The average Bonchev–Trinajstić information content (AvgIpc) is 2.42. The van der Waals surface area contributed by atoms with E-state index < -0.39 is 29.6 Å². The summed E-state index contributed by atoms with van der Waals surface area (Å²) in [5.74, 6) is 0. The molecule has 0 amide bonds. The first-order valence-corrected chi connectivity index (χ1v) is 6.44. The van der Waals surface area contributed by atoms with Crippen LogP contribution in [0.25, 0.3) is 5.53 Å². The van der Waals surface area contributed by atoms with E-state index in [1.807, 2.05) is 19.9 Å². The lowest BCUT2D eigenvalue weighted by Gasteiger charge is -2.12. The van der Waals surface area contributed by atoms with Crippen molar-refractivity contribution in [2.24, 2.45) is 5.73 Å². The van der Waals surface area contributed by atoms with Crippen LogP contribution in [0, 0.1) is 0 Å². The van der Waals surface area contributed by atoms with Crippen LogP contribution in [0.3, 0.4) is 0 Å². The van der Waals surface area contributed by atoms with Gasteiger partial charge in [-0.15, -0.1) is 0 Å². The highest BCUT2D eigenvalue weighted by Gasteiger charge is 2.18. The van der Waals surface area contributed by atoms with Gasteiger partial charge in [0, 0.05) is 17.7 Å². The maximum atomic E-state index is 10.1. The third kappa shape index (κ3) is 40.5. The van der Waals surface area contributed by atoms with Crippen LogP contribution in [0.2, 0.25) is 0 Å². The second-order valence-corrected chi connectivity index (χ2v) is 3.92. The molecule has 0 saturated carbocycles. The van der Waals surface area contributed by atoms with E-state index in [0.29, 0.717) is 5.71 Å². The van der Waals surface area contributed by atoms with Crippen molar-refractivity contribution in [1.29, 1.82) is 0 Å². The summed E-state index contributed by atoms with van der Waals surface area (Å²) in [5, 5.41) is 55.6. The fourth-order valence-electron chi connectivity index (χ4n) is 1.02. The van der Waals surface area contributed by atoms with Crippen LogP contribution in [-0.4, -0.2) is 86.3 Å². The molecule has 0 fully saturated rings. The molecule has 0 aromatic heterocycles. The number of allylic oxidation sites excluding steroid dienone is 2. The molecule has 10 N–H and O–H groups in total. The van der Waals surface area contributed by atoms with Gasteiger partial charge in [-0.3, -0.25) is 17.3 Å². The Bertz CT molecular complexity index is 446. The minimum atomic E-state index is -2.67. The monoisotopic (exact) mass is 405 g/mol. The van der Waals surface area contributed by atoms with Crippen LogP contribution in [-0.2, 0) is 0 Å². The highest BCUT2D eigenvalue weighted by molar-refractivity contribution is 6.32. The smallest absolute Gasteiger partial charge is 0.398 e. The van der Waals surface area contributed by atoms with E-state index in [1.165, 1.54) is 0 Å². The summed E-state index contributed by atoms with van der Waals surface area (Å²) in [6.45, 7) is 3.84. The van der Waals surface area contributed by atoms with Crippen LogP contribution in [0.1, 0.15) is 13.8 Å². The summed E-state index contributed by atoms with van der Waals surface area (Å²) in [5.41, 5.74) is 16.8. The van der Waals surface area contributed by atoms with Crippen LogP contribution >= 0.6 is 0 Å². The maximum Gasteiger partial charge on any atom is 0.674 e. The highest BCUT2D eigenvalue weighted by Crippen LogP contribution is 2.14. The van der Waals surface area contributed by atoms with E-state index in [0.717, 1.165) is 11.1 Å². The van der Waals surface area contributed by atoms with Gasteiger partial charge < -0.3 is 51.5 Å². The van der Waals surface area contributed by atoms with Gasteiger partial charge in [0.2, 0.25) is 0 Å². The zero-order valence-electron chi connectivity index (χ0n) is 14.1. The topological polar surface area (TPSA) is 224 Å². The number of rotatable bonds is 0. The van der Waals surface area contributed by atoms with Crippen molar-refractivity contribution in [3.63, 3.8) is 0 Å². The van der Waals surface area contributed by atoms with Gasteiger partial charge in [-0.25, -0.2) is 0 Å². The Labute approximate surface area is 153 Å². The molecule has 0 aliphatic heterocycles. The molecule has 0 saturated heterocycles. The second kappa shape index (κ2) is 20.8. The summed E-state index contributed by atoms with van der Waals surface area (Å²) in [6.07, 6.45) is 3.55. The minimum absolute atomic E-state index is 0.0273. The van der Waals surface area contributed by atoms with Crippen LogP contribution in [0.15, 0.2) is 23.3 Å². The molecule has 0 heterocycles. The SMILES string of the molecule is CC1=C(C)C(N)C=CC1=[N+]=[N-].OB(O)F.OB(O)F.OB(O)F.OB(O)F. The Kier molecular flexibility index (Phi) is 25.5. The molecule has 1 aliphatic carbocycles. The van der Waals surface area contributed by atoms with Gasteiger partial charge >= 0.3 is 35.3 Å². The first-order valence-electron chi connectivity index (χ1n) is 6.44. The lowest BCUT2D eigenvalue weighted by atomic mass is 9.95. The molecule has 0 bridgehead atoms. The van der Waals surface area contributed by atoms with Gasteiger partial charge in [0.15, 0.2) is 0 Å². The molecule has 1 aliphatic rings. The van der Waals surface area contributed by atoms with Crippen LogP contribution in [0.4, 0.5) is 17.3 Å². The molecule has 0 radical (unpaired) electrons. The third-order valence-corrected chi connectivity index (χ3v) is 2.04. The van der Waals surface area contributed by atoms with E-state index >= 15 is 0 Å². The largest absolute Gasteiger partial charge is 0.674 e.